The molecule has 3 aromatic rings. The Kier molecular flexibility index (Phi) is 3.82. The number of nitro groups is 1. The second-order valence-corrected chi connectivity index (χ2v) is 4.99. The predicted molar refractivity (Wildman–Crippen MR) is 80.7 cm³/mol. The summed E-state index contributed by atoms with van der Waals surface area (Å²) in [6.07, 6.45) is 1.66. The van der Waals surface area contributed by atoms with Crippen LogP contribution in [0.1, 0.15) is 21.8 Å². The van der Waals surface area contributed by atoms with Crippen LogP contribution in [0.25, 0.3) is 5.65 Å². The maximum Gasteiger partial charge on any atom is 0.433 e. The maximum absolute atomic E-state index is 12.0. The third-order valence-electron chi connectivity index (χ3n) is 3.18. The Morgan fingerprint density at radius 3 is 2.88 bits per heavy atom. The highest BCUT2D eigenvalue weighted by atomic mass is 16.7. The van der Waals surface area contributed by atoms with E-state index in [9.17, 15) is 19.7 Å². The Hall–Kier alpha value is -3.49. The SMILES string of the molecule is Cc1ccc2nc(COC(=O)c3ccc([N+](=O)[O-])o3)cc(=O)n2c1. The zero-order valence-corrected chi connectivity index (χ0v) is 12.5. The van der Waals surface area contributed by atoms with Gasteiger partial charge in [-0.2, -0.15) is 0 Å². The summed E-state index contributed by atoms with van der Waals surface area (Å²) in [5.41, 5.74) is 1.29. The third-order valence-corrected chi connectivity index (χ3v) is 3.18. The van der Waals surface area contributed by atoms with Gasteiger partial charge < -0.3 is 9.15 Å². The average Bonchev–Trinajstić information content (AvgIpc) is 3.04. The van der Waals surface area contributed by atoms with Gasteiger partial charge in [0.2, 0.25) is 5.76 Å². The summed E-state index contributed by atoms with van der Waals surface area (Å²) >= 11 is 0. The Bertz CT molecular complexity index is 1000. The topological polar surface area (TPSA) is 117 Å². The first-order chi connectivity index (χ1) is 11.4. The number of aryl methyl sites for hydroxylation is 1. The van der Waals surface area contributed by atoms with E-state index in [1.165, 1.54) is 10.5 Å². The minimum Gasteiger partial charge on any atom is -0.453 e. The molecule has 0 aliphatic rings. The van der Waals surface area contributed by atoms with Crippen molar-refractivity contribution in [2.24, 2.45) is 0 Å². The molecule has 3 heterocycles. The molecule has 9 nitrogen and oxygen atoms in total. The van der Waals surface area contributed by atoms with E-state index in [1.807, 2.05) is 6.92 Å². The van der Waals surface area contributed by atoms with Gasteiger partial charge in [-0.1, -0.05) is 6.07 Å². The zero-order valence-electron chi connectivity index (χ0n) is 12.5. The summed E-state index contributed by atoms with van der Waals surface area (Å²) in [7, 11) is 0. The van der Waals surface area contributed by atoms with Gasteiger partial charge in [-0.3, -0.25) is 19.3 Å². The number of pyridine rings is 1. The fourth-order valence-electron chi connectivity index (χ4n) is 2.08. The van der Waals surface area contributed by atoms with Gasteiger partial charge in [0.05, 0.1) is 11.8 Å². The molecule has 0 saturated heterocycles. The second kappa shape index (κ2) is 5.95. The molecule has 0 fully saturated rings. The van der Waals surface area contributed by atoms with E-state index in [0.717, 1.165) is 17.7 Å². The van der Waals surface area contributed by atoms with Crippen molar-refractivity contribution < 1.29 is 18.9 Å². The number of esters is 1. The number of fused-ring (bicyclic) bond motifs is 1. The van der Waals surface area contributed by atoms with Crippen LogP contribution in [0.5, 0.6) is 0 Å². The number of carbonyl (C=O) groups is 1. The Morgan fingerprint density at radius 2 is 2.17 bits per heavy atom. The molecule has 122 valence electrons. The first-order valence-corrected chi connectivity index (χ1v) is 6.84. The molecule has 9 heteroatoms. The molecule has 0 unspecified atom stereocenters. The van der Waals surface area contributed by atoms with E-state index < -0.39 is 16.8 Å². The Balaban J connectivity index is 1.77. The third kappa shape index (κ3) is 3.00. The zero-order chi connectivity index (χ0) is 17.3. The van der Waals surface area contributed by atoms with Crippen LogP contribution >= 0.6 is 0 Å². The molecule has 3 rings (SSSR count). The lowest BCUT2D eigenvalue weighted by molar-refractivity contribution is -0.402. The van der Waals surface area contributed by atoms with Gasteiger partial charge in [-0.15, -0.1) is 0 Å². The molecular weight excluding hydrogens is 318 g/mol. The van der Waals surface area contributed by atoms with Gasteiger partial charge >= 0.3 is 11.9 Å². The van der Waals surface area contributed by atoms with Crippen LogP contribution in [0.3, 0.4) is 0 Å². The number of hydrogen-bond donors (Lipinski definition) is 0. The largest absolute Gasteiger partial charge is 0.453 e. The number of hydrogen-bond acceptors (Lipinski definition) is 7. The number of ether oxygens (including phenoxy) is 1. The standard InChI is InChI=1S/C15H11N3O6/c1-9-2-4-12-16-10(6-13(19)17(12)7-9)8-23-15(20)11-3-5-14(24-11)18(21)22/h2-7H,8H2,1H3. The van der Waals surface area contributed by atoms with Gasteiger partial charge in [-0.05, 0) is 24.6 Å². The molecule has 0 aliphatic heterocycles. The van der Waals surface area contributed by atoms with Crippen molar-refractivity contribution in [1.82, 2.24) is 9.38 Å². The molecule has 0 radical (unpaired) electrons. The lowest BCUT2D eigenvalue weighted by Crippen LogP contribution is -2.16. The summed E-state index contributed by atoms with van der Waals surface area (Å²) < 4.78 is 11.1. The molecule has 3 aromatic heterocycles. The van der Waals surface area contributed by atoms with Crippen LogP contribution in [0, 0.1) is 17.0 Å². The number of nitrogens with zero attached hydrogens (tertiary/aromatic N) is 3. The van der Waals surface area contributed by atoms with Crippen LogP contribution in [-0.4, -0.2) is 20.3 Å². The molecule has 0 saturated carbocycles. The van der Waals surface area contributed by atoms with Crippen LogP contribution < -0.4 is 5.56 Å². The molecule has 0 bridgehead atoms. The van der Waals surface area contributed by atoms with Crippen molar-refractivity contribution in [3.05, 3.63) is 74.0 Å². The van der Waals surface area contributed by atoms with Gasteiger partial charge in [0.15, 0.2) is 0 Å². The molecule has 0 atom stereocenters. The fourth-order valence-corrected chi connectivity index (χ4v) is 2.08. The summed E-state index contributed by atoms with van der Waals surface area (Å²) in [6.45, 7) is 1.59. The molecule has 0 spiro atoms. The normalized spacial score (nSPS) is 10.7. The van der Waals surface area contributed by atoms with Crippen LogP contribution in [0.15, 0.2) is 45.7 Å². The highest BCUT2D eigenvalue weighted by Crippen LogP contribution is 2.16. The summed E-state index contributed by atoms with van der Waals surface area (Å²) in [4.78, 5) is 37.8. The second-order valence-electron chi connectivity index (χ2n) is 4.99. The molecule has 24 heavy (non-hydrogen) atoms. The number of furan rings is 1. The molecule has 0 amide bonds. The number of aromatic nitrogens is 2. The molecular formula is C15H11N3O6. The van der Waals surface area contributed by atoms with E-state index in [4.69, 9.17) is 9.15 Å². The van der Waals surface area contributed by atoms with E-state index in [-0.39, 0.29) is 23.6 Å². The molecule has 0 N–H and O–H groups in total. The van der Waals surface area contributed by atoms with Gasteiger partial charge in [0.1, 0.15) is 17.2 Å². The van der Waals surface area contributed by atoms with Gasteiger partial charge in [0.25, 0.3) is 5.56 Å². The van der Waals surface area contributed by atoms with Crippen molar-refractivity contribution in [2.75, 3.05) is 0 Å². The minimum absolute atomic E-state index is 0.257. The molecule has 0 aliphatic carbocycles. The first-order valence-electron chi connectivity index (χ1n) is 6.84. The van der Waals surface area contributed by atoms with Crippen molar-refractivity contribution in [3.8, 4) is 0 Å². The van der Waals surface area contributed by atoms with Crippen molar-refractivity contribution in [3.63, 3.8) is 0 Å². The highest BCUT2D eigenvalue weighted by molar-refractivity contribution is 5.86. The van der Waals surface area contributed by atoms with Crippen LogP contribution in [0.4, 0.5) is 5.88 Å². The van der Waals surface area contributed by atoms with Gasteiger partial charge in [0, 0.05) is 12.3 Å². The number of rotatable bonds is 4. The molecule has 0 aromatic carbocycles. The smallest absolute Gasteiger partial charge is 0.433 e. The van der Waals surface area contributed by atoms with Crippen molar-refractivity contribution >= 4 is 17.5 Å². The Morgan fingerprint density at radius 1 is 1.38 bits per heavy atom. The highest BCUT2D eigenvalue weighted by Gasteiger charge is 2.18. The first kappa shape index (κ1) is 15.4. The van der Waals surface area contributed by atoms with Crippen molar-refractivity contribution in [2.45, 2.75) is 13.5 Å². The van der Waals surface area contributed by atoms with E-state index in [0.29, 0.717) is 5.65 Å². The van der Waals surface area contributed by atoms with E-state index in [2.05, 4.69) is 4.98 Å². The lowest BCUT2D eigenvalue weighted by Gasteiger charge is -2.05. The minimum atomic E-state index is -0.881. The van der Waals surface area contributed by atoms with E-state index >= 15 is 0 Å². The predicted octanol–water partition coefficient (Wildman–Crippen LogP) is 1.86. The monoisotopic (exact) mass is 329 g/mol. The fraction of sp³-hybridized carbons (Fsp3) is 0.133. The average molecular weight is 329 g/mol. The Labute approximate surface area is 134 Å². The quantitative estimate of drug-likeness (QED) is 0.407. The summed E-state index contributed by atoms with van der Waals surface area (Å²) in [5, 5.41) is 10.5. The summed E-state index contributed by atoms with van der Waals surface area (Å²) in [6, 6.07) is 6.94. The van der Waals surface area contributed by atoms with Crippen molar-refractivity contribution in [1.29, 1.82) is 0 Å². The maximum atomic E-state index is 12.0. The van der Waals surface area contributed by atoms with Gasteiger partial charge in [-0.25, -0.2) is 9.78 Å². The lowest BCUT2D eigenvalue weighted by atomic mass is 10.3. The number of carbonyl (C=O) groups excluding carboxylic acids is 1. The van der Waals surface area contributed by atoms with Crippen LogP contribution in [0.2, 0.25) is 0 Å². The van der Waals surface area contributed by atoms with E-state index in [1.54, 1.807) is 18.3 Å². The van der Waals surface area contributed by atoms with Crippen LogP contribution in [-0.2, 0) is 11.3 Å². The summed E-state index contributed by atoms with van der Waals surface area (Å²) in [5.74, 6) is -1.73.